The van der Waals surface area contributed by atoms with Crippen LogP contribution >= 0.6 is 0 Å². The maximum absolute atomic E-state index is 11.4. The number of aromatic hydroxyl groups is 1. The van der Waals surface area contributed by atoms with E-state index in [0.29, 0.717) is 5.56 Å². The normalized spacial score (nSPS) is 12.8. The molecule has 0 fully saturated rings. The first-order valence-electron chi connectivity index (χ1n) is 4.83. The Kier molecular flexibility index (Phi) is 3.30. The van der Waals surface area contributed by atoms with Crippen LogP contribution in [0.1, 0.15) is 19.4 Å². The van der Waals surface area contributed by atoms with Crippen LogP contribution in [0, 0.1) is 0 Å². The fourth-order valence-corrected chi connectivity index (χ4v) is 2.02. The van der Waals surface area contributed by atoms with Crippen molar-refractivity contribution in [3.63, 3.8) is 0 Å². The summed E-state index contributed by atoms with van der Waals surface area (Å²) in [6.45, 7) is 3.29. The van der Waals surface area contributed by atoms with Crippen molar-refractivity contribution < 1.29 is 18.6 Å². The van der Waals surface area contributed by atoms with Gasteiger partial charge in [-0.1, -0.05) is 13.8 Å². The summed E-state index contributed by atoms with van der Waals surface area (Å²) in [7, 11) is -3.30. The van der Waals surface area contributed by atoms with Gasteiger partial charge in [-0.3, -0.25) is 0 Å². The van der Waals surface area contributed by atoms with E-state index in [1.54, 1.807) is 13.8 Å². The van der Waals surface area contributed by atoms with E-state index >= 15 is 0 Å². The Morgan fingerprint density at radius 3 is 2.31 bits per heavy atom. The van der Waals surface area contributed by atoms with Gasteiger partial charge in [0.05, 0.1) is 11.5 Å². The number of benzene rings is 1. The third kappa shape index (κ3) is 2.54. The van der Waals surface area contributed by atoms with Crippen molar-refractivity contribution in [1.29, 1.82) is 0 Å². The van der Waals surface area contributed by atoms with Gasteiger partial charge in [0.2, 0.25) is 0 Å². The molecule has 0 radical (unpaired) electrons. The summed E-state index contributed by atoms with van der Waals surface area (Å²) < 4.78 is 22.7. The average molecular weight is 244 g/mol. The molecule has 0 aliphatic carbocycles. The summed E-state index contributed by atoms with van der Waals surface area (Å²) in [6.07, 6.45) is 1.11. The Bertz CT molecular complexity index is 489. The molecular formula is C11H16O4S. The molecule has 0 saturated carbocycles. The van der Waals surface area contributed by atoms with Crippen LogP contribution in [0.15, 0.2) is 23.1 Å². The molecule has 0 amide bonds. The average Bonchev–Trinajstić information content (AvgIpc) is 2.16. The van der Waals surface area contributed by atoms with Gasteiger partial charge >= 0.3 is 0 Å². The van der Waals surface area contributed by atoms with E-state index in [-0.39, 0.29) is 17.3 Å². The molecule has 90 valence electrons. The maximum atomic E-state index is 11.4. The quantitative estimate of drug-likeness (QED) is 0.834. The van der Waals surface area contributed by atoms with Gasteiger partial charge in [-0.05, 0) is 18.2 Å². The minimum absolute atomic E-state index is 0.00792. The molecule has 1 aromatic rings. The summed E-state index contributed by atoms with van der Waals surface area (Å²) in [5, 5.41) is 18.9. The maximum Gasteiger partial charge on any atom is 0.175 e. The summed E-state index contributed by atoms with van der Waals surface area (Å²) in [5.41, 5.74) is -0.247. The molecule has 0 spiro atoms. The predicted molar refractivity (Wildman–Crippen MR) is 61.3 cm³/mol. The fraction of sp³-hybridized carbons (Fsp3) is 0.455. The lowest BCUT2D eigenvalue weighted by Crippen LogP contribution is -2.22. The van der Waals surface area contributed by atoms with Crippen LogP contribution in [0.3, 0.4) is 0 Å². The van der Waals surface area contributed by atoms with Crippen LogP contribution in [0.5, 0.6) is 5.75 Å². The zero-order valence-corrected chi connectivity index (χ0v) is 10.4. The summed E-state index contributed by atoms with van der Waals surface area (Å²) in [5.74, 6) is -0.00792. The smallest absolute Gasteiger partial charge is 0.175 e. The van der Waals surface area contributed by atoms with Crippen molar-refractivity contribution in [2.75, 3.05) is 12.9 Å². The minimum Gasteiger partial charge on any atom is -0.508 e. The molecular weight excluding hydrogens is 228 g/mol. The first kappa shape index (κ1) is 13.0. The first-order chi connectivity index (χ1) is 7.18. The van der Waals surface area contributed by atoms with Gasteiger partial charge in [0.1, 0.15) is 5.75 Å². The number of phenolic OH excluding ortho intramolecular Hbond substituents is 1. The van der Waals surface area contributed by atoms with Gasteiger partial charge in [0.25, 0.3) is 0 Å². The largest absolute Gasteiger partial charge is 0.508 e. The number of sulfone groups is 1. The second-order valence-corrected chi connectivity index (χ2v) is 6.51. The molecule has 1 rings (SSSR count). The molecule has 1 aromatic carbocycles. The topological polar surface area (TPSA) is 74.6 Å². The molecule has 2 N–H and O–H groups in total. The van der Waals surface area contributed by atoms with E-state index < -0.39 is 15.3 Å². The van der Waals surface area contributed by atoms with Crippen LogP contribution < -0.4 is 0 Å². The zero-order valence-electron chi connectivity index (χ0n) is 9.56. The molecule has 0 saturated heterocycles. The summed E-state index contributed by atoms with van der Waals surface area (Å²) >= 11 is 0. The summed E-state index contributed by atoms with van der Waals surface area (Å²) in [6, 6.07) is 4.09. The number of rotatable bonds is 3. The molecule has 0 heterocycles. The molecule has 0 bridgehead atoms. The predicted octanol–water partition coefficient (Wildman–Crippen LogP) is 1.07. The fourth-order valence-electron chi connectivity index (χ4n) is 1.37. The molecule has 4 nitrogen and oxygen atoms in total. The lowest BCUT2D eigenvalue weighted by atomic mass is 9.85. The molecule has 0 aliphatic heterocycles. The molecule has 5 heteroatoms. The molecule has 0 aliphatic rings. The number of aliphatic hydroxyl groups is 1. The Balaban J connectivity index is 3.42. The lowest BCUT2D eigenvalue weighted by Gasteiger charge is -2.23. The van der Waals surface area contributed by atoms with Gasteiger partial charge in [-0.15, -0.1) is 0 Å². The van der Waals surface area contributed by atoms with E-state index in [1.165, 1.54) is 18.2 Å². The van der Waals surface area contributed by atoms with Crippen LogP contribution in [0.25, 0.3) is 0 Å². The number of hydrogen-bond acceptors (Lipinski definition) is 4. The van der Waals surface area contributed by atoms with Crippen LogP contribution in [-0.2, 0) is 15.3 Å². The van der Waals surface area contributed by atoms with E-state index in [9.17, 15) is 18.6 Å². The molecule has 0 unspecified atom stereocenters. The standard InChI is InChI=1S/C11H16O4S/c1-11(2,7-12)9-6-8(16(3,14)15)4-5-10(9)13/h4-6,12-13H,7H2,1-3H3. The van der Waals surface area contributed by atoms with Crippen LogP contribution in [0.2, 0.25) is 0 Å². The second-order valence-electron chi connectivity index (χ2n) is 4.49. The van der Waals surface area contributed by atoms with Gasteiger partial charge in [-0.2, -0.15) is 0 Å². The Morgan fingerprint density at radius 2 is 1.88 bits per heavy atom. The Hall–Kier alpha value is -1.07. The first-order valence-corrected chi connectivity index (χ1v) is 6.72. The van der Waals surface area contributed by atoms with E-state index in [4.69, 9.17) is 0 Å². The highest BCUT2D eigenvalue weighted by Gasteiger charge is 2.24. The monoisotopic (exact) mass is 244 g/mol. The van der Waals surface area contributed by atoms with Crippen molar-refractivity contribution in [1.82, 2.24) is 0 Å². The molecule has 0 atom stereocenters. The number of hydrogen-bond donors (Lipinski definition) is 2. The zero-order chi connectivity index (χ0) is 12.6. The number of phenols is 1. The highest BCUT2D eigenvalue weighted by Crippen LogP contribution is 2.32. The van der Waals surface area contributed by atoms with Gasteiger partial charge in [0, 0.05) is 17.2 Å². The van der Waals surface area contributed by atoms with Crippen molar-refractivity contribution >= 4 is 9.84 Å². The Morgan fingerprint density at radius 1 is 1.31 bits per heavy atom. The van der Waals surface area contributed by atoms with Crippen molar-refractivity contribution in [3.8, 4) is 5.75 Å². The van der Waals surface area contributed by atoms with Gasteiger partial charge in [0.15, 0.2) is 9.84 Å². The lowest BCUT2D eigenvalue weighted by molar-refractivity contribution is 0.215. The van der Waals surface area contributed by atoms with E-state index in [2.05, 4.69) is 0 Å². The SMILES string of the molecule is CC(C)(CO)c1cc(S(C)(=O)=O)ccc1O. The van der Waals surface area contributed by atoms with Gasteiger partial charge in [-0.25, -0.2) is 8.42 Å². The highest BCUT2D eigenvalue weighted by atomic mass is 32.2. The van der Waals surface area contributed by atoms with E-state index in [0.717, 1.165) is 6.26 Å². The minimum atomic E-state index is -3.30. The van der Waals surface area contributed by atoms with Crippen LogP contribution in [-0.4, -0.2) is 31.5 Å². The number of aliphatic hydroxyl groups excluding tert-OH is 1. The van der Waals surface area contributed by atoms with E-state index in [1.807, 2.05) is 0 Å². The van der Waals surface area contributed by atoms with Gasteiger partial charge < -0.3 is 10.2 Å². The van der Waals surface area contributed by atoms with Crippen molar-refractivity contribution in [2.45, 2.75) is 24.2 Å². The third-order valence-corrected chi connectivity index (χ3v) is 3.63. The highest BCUT2D eigenvalue weighted by molar-refractivity contribution is 7.90. The van der Waals surface area contributed by atoms with Crippen LogP contribution in [0.4, 0.5) is 0 Å². The van der Waals surface area contributed by atoms with Crippen molar-refractivity contribution in [3.05, 3.63) is 23.8 Å². The van der Waals surface area contributed by atoms with Crippen molar-refractivity contribution in [2.24, 2.45) is 0 Å². The molecule has 0 aromatic heterocycles. The Labute approximate surface area is 95.5 Å². The second kappa shape index (κ2) is 4.07. The summed E-state index contributed by atoms with van der Waals surface area (Å²) in [4.78, 5) is 0.141. The third-order valence-electron chi connectivity index (χ3n) is 2.52. The molecule has 16 heavy (non-hydrogen) atoms.